The molecule has 5 rings (SSSR count). The molecule has 2 aliphatic rings. The summed E-state index contributed by atoms with van der Waals surface area (Å²) in [6, 6.07) is 8.73. The molecular formula is C26H31N7O3. The van der Waals surface area contributed by atoms with Gasteiger partial charge in [0.25, 0.3) is 5.91 Å². The molecule has 1 aromatic carbocycles. The van der Waals surface area contributed by atoms with Crippen molar-refractivity contribution in [2.75, 3.05) is 30.4 Å². The number of aromatic nitrogens is 2. The number of carbonyl (C=O) groups excluding carboxylic acids is 1. The lowest BCUT2D eigenvalue weighted by Gasteiger charge is -2.30. The molecule has 0 spiro atoms. The van der Waals surface area contributed by atoms with Crippen molar-refractivity contribution >= 4 is 23.2 Å². The number of para-hydroxylation sites is 1. The summed E-state index contributed by atoms with van der Waals surface area (Å²) in [4.78, 5) is 32.7. The first-order valence-electron chi connectivity index (χ1n) is 12.2. The SMILES string of the molecule is Cc1ccc([C@H](Nc2nc3c(nc2Nc2cccc(C(=O)N4CCCC4)c2O)=NCN=3)C(C)(C)C)o1. The normalized spacial score (nSPS) is 15.7. The van der Waals surface area contributed by atoms with Gasteiger partial charge in [-0.1, -0.05) is 26.8 Å². The predicted molar refractivity (Wildman–Crippen MR) is 135 cm³/mol. The summed E-state index contributed by atoms with van der Waals surface area (Å²) in [5.74, 6) is 2.10. The number of rotatable bonds is 6. The molecule has 3 aromatic rings. The van der Waals surface area contributed by atoms with Crippen LogP contribution < -0.4 is 21.6 Å². The molecule has 188 valence electrons. The molecule has 3 N–H and O–H groups in total. The molecule has 10 heteroatoms. The van der Waals surface area contributed by atoms with Gasteiger partial charge in [-0.3, -0.25) is 4.79 Å². The molecular weight excluding hydrogens is 458 g/mol. The van der Waals surface area contributed by atoms with Crippen LogP contribution in [0.3, 0.4) is 0 Å². The summed E-state index contributed by atoms with van der Waals surface area (Å²) in [5.41, 5.74) is 1.26. The minimum absolute atomic E-state index is 0.127. The quantitative estimate of drug-likeness (QED) is 0.452. The van der Waals surface area contributed by atoms with E-state index >= 15 is 0 Å². The van der Waals surface area contributed by atoms with Gasteiger partial charge in [-0.15, -0.1) is 0 Å². The summed E-state index contributed by atoms with van der Waals surface area (Å²) in [6.07, 6.45) is 1.95. The molecule has 0 saturated carbocycles. The van der Waals surface area contributed by atoms with Crippen molar-refractivity contribution in [2.24, 2.45) is 15.4 Å². The van der Waals surface area contributed by atoms with Crippen molar-refractivity contribution < 1.29 is 14.3 Å². The van der Waals surface area contributed by atoms with E-state index in [1.807, 2.05) is 19.1 Å². The van der Waals surface area contributed by atoms with E-state index in [9.17, 15) is 9.90 Å². The van der Waals surface area contributed by atoms with Crippen LogP contribution in [0.5, 0.6) is 5.75 Å². The van der Waals surface area contributed by atoms with Crippen molar-refractivity contribution in [3.8, 4) is 5.75 Å². The van der Waals surface area contributed by atoms with Crippen LogP contribution in [0.25, 0.3) is 0 Å². The lowest BCUT2D eigenvalue weighted by Crippen LogP contribution is -2.33. The molecule has 0 unspecified atom stereocenters. The Bertz CT molecular complexity index is 1420. The van der Waals surface area contributed by atoms with E-state index in [1.54, 1.807) is 23.1 Å². The number of carbonyl (C=O) groups is 1. The molecule has 0 bridgehead atoms. The first-order chi connectivity index (χ1) is 17.2. The van der Waals surface area contributed by atoms with Gasteiger partial charge < -0.3 is 25.1 Å². The van der Waals surface area contributed by atoms with Crippen LogP contribution >= 0.6 is 0 Å². The lowest BCUT2D eigenvalue weighted by molar-refractivity contribution is 0.0790. The summed E-state index contributed by atoms with van der Waals surface area (Å²) in [6.45, 7) is 9.89. The molecule has 4 heterocycles. The molecule has 1 fully saturated rings. The zero-order valence-electron chi connectivity index (χ0n) is 21.0. The highest BCUT2D eigenvalue weighted by Crippen LogP contribution is 2.38. The van der Waals surface area contributed by atoms with Gasteiger partial charge in [0.05, 0.1) is 17.3 Å². The minimum Gasteiger partial charge on any atom is -0.505 e. The zero-order chi connectivity index (χ0) is 25.4. The Morgan fingerprint density at radius 1 is 1.06 bits per heavy atom. The largest absolute Gasteiger partial charge is 0.505 e. The lowest BCUT2D eigenvalue weighted by atomic mass is 9.85. The fourth-order valence-electron chi connectivity index (χ4n) is 4.48. The number of anilines is 3. The van der Waals surface area contributed by atoms with Gasteiger partial charge in [-0.2, -0.15) is 0 Å². The van der Waals surface area contributed by atoms with Crippen LogP contribution in [0, 0.1) is 12.3 Å². The maximum atomic E-state index is 13.0. The Hall–Kier alpha value is -3.95. The first kappa shape index (κ1) is 23.8. The number of phenols is 1. The molecule has 10 nitrogen and oxygen atoms in total. The third-order valence-electron chi connectivity index (χ3n) is 6.41. The highest BCUT2D eigenvalue weighted by molar-refractivity contribution is 5.99. The zero-order valence-corrected chi connectivity index (χ0v) is 21.0. The number of fused-ring (bicyclic) bond motifs is 1. The maximum absolute atomic E-state index is 13.0. The van der Waals surface area contributed by atoms with E-state index in [0.29, 0.717) is 41.4 Å². The van der Waals surface area contributed by atoms with Crippen molar-refractivity contribution in [1.29, 1.82) is 0 Å². The third kappa shape index (κ3) is 4.62. The third-order valence-corrected chi connectivity index (χ3v) is 6.41. The fraction of sp³-hybridized carbons (Fsp3) is 0.423. The van der Waals surface area contributed by atoms with E-state index in [1.165, 1.54) is 0 Å². The predicted octanol–water partition coefficient (Wildman–Crippen LogP) is 3.47. The number of hydrogen-bond donors (Lipinski definition) is 3. The van der Waals surface area contributed by atoms with Crippen molar-refractivity contribution in [3.05, 3.63) is 58.4 Å². The maximum Gasteiger partial charge on any atom is 0.257 e. The summed E-state index contributed by atoms with van der Waals surface area (Å²) < 4.78 is 5.95. The van der Waals surface area contributed by atoms with Crippen molar-refractivity contribution in [3.63, 3.8) is 0 Å². The Kier molecular flexibility index (Phi) is 6.11. The number of amides is 1. The molecule has 1 atom stereocenters. The summed E-state index contributed by atoms with van der Waals surface area (Å²) >= 11 is 0. The minimum atomic E-state index is -0.228. The number of aryl methyl sites for hydroxylation is 1. The first-order valence-corrected chi connectivity index (χ1v) is 12.2. The van der Waals surface area contributed by atoms with E-state index in [0.717, 1.165) is 24.4 Å². The topological polar surface area (TPSA) is 128 Å². The van der Waals surface area contributed by atoms with Gasteiger partial charge in [0.1, 0.15) is 18.2 Å². The molecule has 2 aliphatic heterocycles. The summed E-state index contributed by atoms with van der Waals surface area (Å²) in [7, 11) is 0. The Labute approximate surface area is 209 Å². The second-order valence-corrected chi connectivity index (χ2v) is 10.2. The second kappa shape index (κ2) is 9.25. The van der Waals surface area contributed by atoms with Crippen molar-refractivity contribution in [1.82, 2.24) is 14.9 Å². The van der Waals surface area contributed by atoms with Gasteiger partial charge in [0.2, 0.25) is 0 Å². The molecule has 0 radical (unpaired) electrons. The van der Waals surface area contributed by atoms with Crippen LogP contribution in [-0.2, 0) is 0 Å². The second-order valence-electron chi connectivity index (χ2n) is 10.2. The average Bonchev–Trinajstić information content (AvgIpc) is 3.59. The molecule has 36 heavy (non-hydrogen) atoms. The number of furan rings is 1. The van der Waals surface area contributed by atoms with Crippen LogP contribution in [0.2, 0.25) is 0 Å². The number of phenolic OH excluding ortho intramolecular Hbond substituents is 1. The number of likely N-dealkylation sites (tertiary alicyclic amines) is 1. The smallest absolute Gasteiger partial charge is 0.257 e. The van der Waals surface area contributed by atoms with E-state index in [-0.39, 0.29) is 35.3 Å². The van der Waals surface area contributed by atoms with Crippen molar-refractivity contribution in [2.45, 2.75) is 46.6 Å². The highest BCUT2D eigenvalue weighted by atomic mass is 16.3. The molecule has 1 amide bonds. The summed E-state index contributed by atoms with van der Waals surface area (Å²) in [5, 5.41) is 17.7. The number of benzene rings is 1. The Morgan fingerprint density at radius 2 is 1.75 bits per heavy atom. The highest BCUT2D eigenvalue weighted by Gasteiger charge is 2.31. The van der Waals surface area contributed by atoms with Crippen LogP contribution in [0.4, 0.5) is 17.3 Å². The molecule has 0 aliphatic carbocycles. The fourth-order valence-corrected chi connectivity index (χ4v) is 4.48. The van der Waals surface area contributed by atoms with Gasteiger partial charge in [0, 0.05) is 13.1 Å². The van der Waals surface area contributed by atoms with E-state index < -0.39 is 0 Å². The Morgan fingerprint density at radius 3 is 2.39 bits per heavy atom. The van der Waals surface area contributed by atoms with Gasteiger partial charge in [-0.25, -0.2) is 20.0 Å². The number of hydrogen-bond acceptors (Lipinski definition) is 9. The van der Waals surface area contributed by atoms with E-state index in [4.69, 9.17) is 9.40 Å². The Balaban J connectivity index is 1.52. The number of nitrogens with one attached hydrogen (secondary N) is 2. The number of aromatic hydroxyl groups is 1. The van der Waals surface area contributed by atoms with E-state index in [2.05, 4.69) is 46.4 Å². The van der Waals surface area contributed by atoms with Crippen LogP contribution in [0.1, 0.15) is 61.5 Å². The average molecular weight is 490 g/mol. The van der Waals surface area contributed by atoms with Gasteiger partial charge in [0.15, 0.2) is 28.4 Å². The molecule has 2 aromatic heterocycles. The van der Waals surface area contributed by atoms with Crippen LogP contribution in [0.15, 0.2) is 44.7 Å². The molecule has 1 saturated heterocycles. The monoisotopic (exact) mass is 489 g/mol. The van der Waals surface area contributed by atoms with Gasteiger partial charge >= 0.3 is 0 Å². The van der Waals surface area contributed by atoms with Crippen LogP contribution in [-0.4, -0.2) is 45.6 Å². The van der Waals surface area contributed by atoms with Gasteiger partial charge in [-0.05, 0) is 49.4 Å². The number of nitrogens with zero attached hydrogens (tertiary/aromatic N) is 5. The standard InChI is InChI=1S/C26H31N7O3/c1-15-10-11-18(36-15)20(26(2,3)4)30-24-23(31-21-22(32-24)28-14-27-21)29-17-9-7-8-16(19(17)34)25(35)33-12-5-6-13-33/h7-11,20,34H,5-6,12-14H2,1-4H3,(H,27,29,31)(H,28,30,32)/t20-/m0/s1.